The van der Waals surface area contributed by atoms with Gasteiger partial charge in [-0.2, -0.15) is 0 Å². The number of H-pyrrole nitrogens is 2. The Kier molecular flexibility index (Phi) is 7.69. The summed E-state index contributed by atoms with van der Waals surface area (Å²) in [4.78, 5) is 45.1. The average Bonchev–Trinajstić information content (AvgIpc) is 3.48. The van der Waals surface area contributed by atoms with Crippen molar-refractivity contribution in [2.45, 2.75) is 70.0 Å². The van der Waals surface area contributed by atoms with Gasteiger partial charge >= 0.3 is 11.9 Å². The normalized spacial score (nSPS) is 17.7. The van der Waals surface area contributed by atoms with Gasteiger partial charge < -0.3 is 19.4 Å². The highest BCUT2D eigenvalue weighted by Gasteiger charge is 2.34. The van der Waals surface area contributed by atoms with Gasteiger partial charge in [0.25, 0.3) is 5.56 Å². The molecule has 0 radical (unpaired) electrons. The maximum Gasteiger partial charge on any atom is 0.340 e. The Labute approximate surface area is 220 Å². The molecule has 2 aromatic heterocycles. The van der Waals surface area contributed by atoms with E-state index in [1.807, 2.05) is 11.8 Å². The van der Waals surface area contributed by atoms with Crippen molar-refractivity contribution in [1.82, 2.24) is 19.6 Å². The molecule has 1 fully saturated rings. The molecule has 11 nitrogen and oxygen atoms in total. The highest BCUT2D eigenvalue weighted by molar-refractivity contribution is 7.89. The molecule has 0 saturated carbocycles. The molecule has 0 spiro atoms. The van der Waals surface area contributed by atoms with Crippen molar-refractivity contribution in [3.05, 3.63) is 40.3 Å². The van der Waals surface area contributed by atoms with Crippen LogP contribution in [0, 0.1) is 0 Å². The SMILES string of the molecule is CCCOC(=O)c1c[nH]c2c(=O)[nH]c3ccc(S(=O)(=O)NC4CCN(C(C)C(=O)OC(C)(C)C)C4)cc3c12. The molecule has 3 aromatic rings. The lowest BCUT2D eigenvalue weighted by Crippen LogP contribution is -2.43. The Bertz CT molecular complexity index is 1530. The lowest BCUT2D eigenvalue weighted by Gasteiger charge is -2.27. The molecule has 4 rings (SSSR count). The molecule has 12 heteroatoms. The third-order valence-electron chi connectivity index (χ3n) is 6.42. The number of fused-ring (bicyclic) bond motifs is 3. The summed E-state index contributed by atoms with van der Waals surface area (Å²) in [5.41, 5.74) is -0.324. The van der Waals surface area contributed by atoms with Crippen molar-refractivity contribution in [3.63, 3.8) is 0 Å². The molecular formula is C26H34N4O7S. The van der Waals surface area contributed by atoms with Crippen LogP contribution in [-0.4, -0.2) is 72.6 Å². The van der Waals surface area contributed by atoms with Crippen LogP contribution in [-0.2, 0) is 24.3 Å². The van der Waals surface area contributed by atoms with E-state index in [2.05, 4.69) is 14.7 Å². The summed E-state index contributed by atoms with van der Waals surface area (Å²) in [5.74, 6) is -0.949. The van der Waals surface area contributed by atoms with Crippen molar-refractivity contribution in [3.8, 4) is 0 Å². The van der Waals surface area contributed by atoms with Crippen molar-refractivity contribution >= 4 is 43.8 Å². The summed E-state index contributed by atoms with van der Waals surface area (Å²) in [6.07, 6.45) is 2.57. The Morgan fingerprint density at radius 3 is 2.68 bits per heavy atom. The number of likely N-dealkylation sites (tertiary alicyclic amines) is 1. The number of ether oxygens (including phenoxy) is 2. The van der Waals surface area contributed by atoms with Gasteiger partial charge in [0, 0.05) is 41.6 Å². The monoisotopic (exact) mass is 546 g/mol. The van der Waals surface area contributed by atoms with Gasteiger partial charge in [0.15, 0.2) is 0 Å². The van der Waals surface area contributed by atoms with Gasteiger partial charge in [-0.1, -0.05) is 6.92 Å². The summed E-state index contributed by atoms with van der Waals surface area (Å²) in [7, 11) is -3.95. The number of hydrogen-bond acceptors (Lipinski definition) is 8. The van der Waals surface area contributed by atoms with Gasteiger partial charge in [-0.3, -0.25) is 14.5 Å². The average molecular weight is 547 g/mol. The number of esters is 2. The van der Waals surface area contributed by atoms with E-state index in [-0.39, 0.29) is 28.6 Å². The van der Waals surface area contributed by atoms with Crippen LogP contribution in [0.25, 0.3) is 21.8 Å². The molecule has 38 heavy (non-hydrogen) atoms. The quantitative estimate of drug-likeness (QED) is 0.365. The summed E-state index contributed by atoms with van der Waals surface area (Å²) < 4.78 is 40.1. The molecule has 0 aliphatic carbocycles. The van der Waals surface area contributed by atoms with E-state index in [0.29, 0.717) is 42.2 Å². The smallest absolute Gasteiger partial charge is 0.340 e. The number of sulfonamides is 1. The van der Waals surface area contributed by atoms with E-state index in [4.69, 9.17) is 9.47 Å². The molecule has 1 saturated heterocycles. The van der Waals surface area contributed by atoms with Crippen LogP contribution in [0.1, 0.15) is 57.8 Å². The summed E-state index contributed by atoms with van der Waals surface area (Å²) in [5, 5.41) is 0.707. The Balaban J connectivity index is 1.59. The minimum Gasteiger partial charge on any atom is -0.462 e. The standard InChI is InChI=1S/C26H34N4O7S/c1-6-11-36-25(33)19-13-27-22-21(19)18-12-17(7-8-20(18)28-23(22)31)38(34,35)29-16-9-10-30(14-16)15(2)24(32)37-26(3,4)5/h7-8,12-13,15-16,27,29H,6,9-11,14H2,1-5H3,(H,28,31). The minimum absolute atomic E-state index is 0.00827. The fourth-order valence-corrected chi connectivity index (χ4v) is 5.85. The largest absolute Gasteiger partial charge is 0.462 e. The van der Waals surface area contributed by atoms with Gasteiger partial charge in [-0.05, 0) is 58.7 Å². The second-order valence-corrected chi connectivity index (χ2v) is 12.3. The molecule has 3 heterocycles. The van der Waals surface area contributed by atoms with Gasteiger partial charge in [-0.25, -0.2) is 17.9 Å². The number of benzene rings is 1. The van der Waals surface area contributed by atoms with Crippen LogP contribution in [0.4, 0.5) is 0 Å². The molecule has 2 atom stereocenters. The fraction of sp³-hybridized carbons (Fsp3) is 0.500. The fourth-order valence-electron chi connectivity index (χ4n) is 4.57. The van der Waals surface area contributed by atoms with E-state index < -0.39 is 39.2 Å². The van der Waals surface area contributed by atoms with Crippen molar-refractivity contribution in [1.29, 1.82) is 0 Å². The molecule has 1 aliphatic rings. The topological polar surface area (TPSA) is 151 Å². The second kappa shape index (κ2) is 10.5. The molecule has 1 aliphatic heterocycles. The number of aromatic amines is 2. The zero-order valence-corrected chi connectivity index (χ0v) is 23.0. The zero-order chi connectivity index (χ0) is 27.8. The number of nitrogens with one attached hydrogen (secondary N) is 3. The molecule has 0 bridgehead atoms. The Hall–Kier alpha value is -3.22. The first-order chi connectivity index (χ1) is 17.8. The van der Waals surface area contributed by atoms with Crippen molar-refractivity contribution in [2.75, 3.05) is 19.7 Å². The third kappa shape index (κ3) is 5.77. The van der Waals surface area contributed by atoms with Crippen LogP contribution in [0.5, 0.6) is 0 Å². The lowest BCUT2D eigenvalue weighted by molar-refractivity contribution is -0.160. The zero-order valence-electron chi connectivity index (χ0n) is 22.2. The van der Waals surface area contributed by atoms with Crippen molar-refractivity contribution < 1.29 is 27.5 Å². The Morgan fingerprint density at radius 2 is 2.00 bits per heavy atom. The van der Waals surface area contributed by atoms with Crippen LogP contribution in [0.15, 0.2) is 34.1 Å². The maximum atomic E-state index is 13.3. The molecule has 206 valence electrons. The first kappa shape index (κ1) is 27.8. The predicted molar refractivity (Wildman–Crippen MR) is 143 cm³/mol. The van der Waals surface area contributed by atoms with Gasteiger partial charge in [0.1, 0.15) is 17.2 Å². The van der Waals surface area contributed by atoms with Gasteiger partial charge in [-0.15, -0.1) is 0 Å². The first-order valence-electron chi connectivity index (χ1n) is 12.6. The van der Waals surface area contributed by atoms with E-state index in [9.17, 15) is 22.8 Å². The minimum atomic E-state index is -3.95. The number of aromatic nitrogens is 2. The number of carbonyl (C=O) groups is 2. The summed E-state index contributed by atoms with van der Waals surface area (Å²) in [6.45, 7) is 10.1. The molecule has 0 amide bonds. The second-order valence-electron chi connectivity index (χ2n) is 10.6. The Morgan fingerprint density at radius 1 is 1.26 bits per heavy atom. The molecule has 1 aromatic carbocycles. The highest BCUT2D eigenvalue weighted by atomic mass is 32.2. The number of nitrogens with zero attached hydrogens (tertiary/aromatic N) is 1. The van der Waals surface area contributed by atoms with E-state index in [1.54, 1.807) is 27.7 Å². The predicted octanol–water partition coefficient (Wildman–Crippen LogP) is 2.66. The van der Waals surface area contributed by atoms with Crippen LogP contribution >= 0.6 is 0 Å². The third-order valence-corrected chi connectivity index (χ3v) is 7.94. The number of rotatable bonds is 8. The van der Waals surface area contributed by atoms with E-state index in [0.717, 1.165) is 0 Å². The highest BCUT2D eigenvalue weighted by Crippen LogP contribution is 2.28. The summed E-state index contributed by atoms with van der Waals surface area (Å²) >= 11 is 0. The molecular weight excluding hydrogens is 512 g/mol. The van der Waals surface area contributed by atoms with E-state index >= 15 is 0 Å². The van der Waals surface area contributed by atoms with Crippen LogP contribution in [0.3, 0.4) is 0 Å². The van der Waals surface area contributed by atoms with Crippen LogP contribution in [0.2, 0.25) is 0 Å². The summed E-state index contributed by atoms with van der Waals surface area (Å²) in [6, 6.07) is 3.45. The van der Waals surface area contributed by atoms with E-state index in [1.165, 1.54) is 24.4 Å². The maximum absolute atomic E-state index is 13.3. The number of pyridine rings is 1. The first-order valence-corrected chi connectivity index (χ1v) is 14.1. The molecule has 3 N–H and O–H groups in total. The number of hydrogen-bond donors (Lipinski definition) is 3. The van der Waals surface area contributed by atoms with Crippen LogP contribution < -0.4 is 10.3 Å². The van der Waals surface area contributed by atoms with Gasteiger partial charge in [0.2, 0.25) is 10.0 Å². The lowest BCUT2D eigenvalue weighted by atomic mass is 10.1. The van der Waals surface area contributed by atoms with Gasteiger partial charge in [0.05, 0.1) is 17.1 Å². The number of carbonyl (C=O) groups excluding carboxylic acids is 2. The van der Waals surface area contributed by atoms with Crippen molar-refractivity contribution in [2.24, 2.45) is 0 Å². The molecule has 2 unspecified atom stereocenters.